The maximum atomic E-state index is 14.7. The van der Waals surface area contributed by atoms with Crippen LogP contribution in [0.5, 0.6) is 5.75 Å². The van der Waals surface area contributed by atoms with Crippen LogP contribution < -0.4 is 10.1 Å². The monoisotopic (exact) mass is 622 g/mol. The van der Waals surface area contributed by atoms with E-state index in [9.17, 15) is 18.8 Å². The summed E-state index contributed by atoms with van der Waals surface area (Å²) in [7, 11) is 1.54. The molecule has 4 aromatic rings. The number of amides is 1. The Kier molecular flexibility index (Phi) is 6.13. The van der Waals surface area contributed by atoms with Crippen LogP contribution in [0.3, 0.4) is 0 Å². The predicted octanol–water partition coefficient (Wildman–Crippen LogP) is 6.58. The highest BCUT2D eigenvalue weighted by atomic mass is 79.9. The van der Waals surface area contributed by atoms with Crippen LogP contribution in [0.15, 0.2) is 102 Å². The van der Waals surface area contributed by atoms with Crippen LogP contribution in [-0.2, 0) is 10.2 Å². The van der Waals surface area contributed by atoms with Gasteiger partial charge in [0.25, 0.3) is 0 Å². The molecule has 1 amide bonds. The molecule has 7 rings (SSSR count). The number of para-hydroxylation sites is 1. The summed E-state index contributed by atoms with van der Waals surface area (Å²) in [4.78, 5) is 45.7. The Morgan fingerprint density at radius 2 is 1.64 bits per heavy atom. The van der Waals surface area contributed by atoms with E-state index in [2.05, 4.69) is 21.2 Å². The summed E-state index contributed by atoms with van der Waals surface area (Å²) in [5.74, 6) is -2.14. The fraction of sp³-hybridized carbons (Fsp3) is 0.147. The average Bonchev–Trinajstić information content (AvgIpc) is 3.49. The summed E-state index contributed by atoms with van der Waals surface area (Å²) in [5, 5.41) is 3.03. The smallest absolute Gasteiger partial charge is 0.238 e. The molecule has 0 saturated carbocycles. The summed E-state index contributed by atoms with van der Waals surface area (Å²) < 4.78 is 19.9. The van der Waals surface area contributed by atoms with E-state index in [1.165, 1.54) is 31.4 Å². The molecule has 3 aliphatic rings. The fourth-order valence-corrected chi connectivity index (χ4v) is 7.49. The number of hydrogen-bond acceptors (Lipinski definition) is 5. The number of halogens is 2. The zero-order valence-electron chi connectivity index (χ0n) is 22.4. The van der Waals surface area contributed by atoms with Gasteiger partial charge in [0.1, 0.15) is 23.0 Å². The van der Waals surface area contributed by atoms with Crippen molar-refractivity contribution in [2.75, 3.05) is 12.4 Å². The van der Waals surface area contributed by atoms with Gasteiger partial charge in [-0.3, -0.25) is 14.4 Å². The van der Waals surface area contributed by atoms with Gasteiger partial charge in [-0.1, -0.05) is 42.5 Å². The van der Waals surface area contributed by atoms with E-state index >= 15 is 0 Å². The summed E-state index contributed by atoms with van der Waals surface area (Å²) in [6, 6.07) is 23.6. The molecule has 6 nitrogen and oxygen atoms in total. The van der Waals surface area contributed by atoms with E-state index in [4.69, 9.17) is 4.74 Å². The van der Waals surface area contributed by atoms with E-state index in [-0.39, 0.29) is 17.3 Å². The van der Waals surface area contributed by atoms with Gasteiger partial charge in [0.2, 0.25) is 5.91 Å². The summed E-state index contributed by atoms with van der Waals surface area (Å²) in [5.41, 5.74) is 2.14. The molecule has 0 aromatic heterocycles. The van der Waals surface area contributed by atoms with Gasteiger partial charge < -0.3 is 15.0 Å². The molecule has 4 atom stereocenters. The Morgan fingerprint density at radius 1 is 0.929 bits per heavy atom. The highest BCUT2D eigenvalue weighted by Gasteiger charge is 2.70. The van der Waals surface area contributed by atoms with Crippen molar-refractivity contribution in [1.29, 1.82) is 0 Å². The lowest BCUT2D eigenvalue weighted by atomic mass is 9.62. The third-order valence-electron chi connectivity index (χ3n) is 8.69. The first-order valence-corrected chi connectivity index (χ1v) is 14.3. The fourth-order valence-electron chi connectivity index (χ4n) is 6.95. The van der Waals surface area contributed by atoms with Crippen LogP contribution in [0.1, 0.15) is 43.4 Å². The number of benzene rings is 4. The van der Waals surface area contributed by atoms with Gasteiger partial charge in [-0.25, -0.2) is 4.39 Å². The number of rotatable bonds is 5. The molecule has 3 heterocycles. The lowest BCUT2D eigenvalue weighted by molar-refractivity contribution is -0.122. The molecular weight excluding hydrogens is 599 g/mol. The second-order valence-corrected chi connectivity index (χ2v) is 11.5. The highest BCUT2D eigenvalue weighted by molar-refractivity contribution is 9.10. The van der Waals surface area contributed by atoms with E-state index < -0.39 is 35.0 Å². The van der Waals surface area contributed by atoms with Crippen molar-refractivity contribution in [2.24, 2.45) is 5.92 Å². The number of ether oxygens (including phenoxy) is 1. The molecule has 208 valence electrons. The van der Waals surface area contributed by atoms with Crippen LogP contribution in [0, 0.1) is 11.7 Å². The Morgan fingerprint density at radius 3 is 2.40 bits per heavy atom. The molecule has 0 unspecified atom stereocenters. The number of nitrogens with zero attached hydrogens (tertiary/aromatic N) is 1. The maximum absolute atomic E-state index is 14.7. The number of Topliss-reactive ketones (excluding diaryl/α,β-unsaturated/α-hetero) is 2. The number of anilines is 1. The molecule has 1 saturated heterocycles. The first-order valence-electron chi connectivity index (χ1n) is 13.5. The van der Waals surface area contributed by atoms with Crippen molar-refractivity contribution in [1.82, 2.24) is 4.90 Å². The Balaban J connectivity index is 1.52. The zero-order valence-corrected chi connectivity index (χ0v) is 24.0. The van der Waals surface area contributed by atoms with Crippen molar-refractivity contribution in [3.8, 4) is 5.75 Å². The molecule has 0 bridgehead atoms. The van der Waals surface area contributed by atoms with Gasteiger partial charge >= 0.3 is 0 Å². The number of fused-ring (bicyclic) bond motifs is 6. The van der Waals surface area contributed by atoms with Crippen LogP contribution in [-0.4, -0.2) is 35.5 Å². The topological polar surface area (TPSA) is 75.7 Å². The molecule has 0 radical (unpaired) electrons. The van der Waals surface area contributed by atoms with Crippen LogP contribution in [0.2, 0.25) is 0 Å². The van der Waals surface area contributed by atoms with Gasteiger partial charge in [-0.2, -0.15) is 0 Å². The van der Waals surface area contributed by atoms with Crippen LogP contribution in [0.25, 0.3) is 6.08 Å². The lowest BCUT2D eigenvalue weighted by Gasteiger charge is -2.38. The maximum Gasteiger partial charge on any atom is 0.238 e. The zero-order chi connectivity index (χ0) is 29.2. The number of carbonyl (C=O) groups excluding carboxylic acids is 3. The van der Waals surface area contributed by atoms with E-state index in [1.807, 2.05) is 65.7 Å². The minimum absolute atomic E-state index is 0.226. The first-order chi connectivity index (χ1) is 20.4. The standard InChI is InChI=1S/C34H24BrFN2O4/c1-42-27-15-12-21(18-25(27)35)31(40)29-28(30(39)20-10-13-22(36)14-11-20)34(24-8-4-5-9-26(24)37-33(34)41)32-23-7-3-2-6-19(23)16-17-38(29)32/h2-18,28-29,32H,1H3,(H,37,41)/t28-,29+,32+,34+/m1/s1. The third kappa shape index (κ3) is 3.64. The quantitative estimate of drug-likeness (QED) is 0.255. The molecule has 0 aliphatic carbocycles. The third-order valence-corrected chi connectivity index (χ3v) is 9.31. The van der Waals surface area contributed by atoms with Crippen molar-refractivity contribution < 1.29 is 23.5 Å². The van der Waals surface area contributed by atoms with Gasteiger partial charge in [0.15, 0.2) is 11.6 Å². The van der Waals surface area contributed by atoms with Crippen molar-refractivity contribution >= 4 is 45.2 Å². The van der Waals surface area contributed by atoms with E-state index in [1.54, 1.807) is 18.2 Å². The highest BCUT2D eigenvalue weighted by Crippen LogP contribution is 2.62. The number of hydrogen-bond donors (Lipinski definition) is 1. The second kappa shape index (κ2) is 9.77. The first kappa shape index (κ1) is 26.3. The number of carbonyl (C=O) groups is 3. The van der Waals surface area contributed by atoms with Crippen LogP contribution >= 0.6 is 15.9 Å². The SMILES string of the molecule is COc1ccc(C(=O)[C@@H]2[C@H](C(=O)c3ccc(F)cc3)[C@]3(C(=O)Nc4ccccc43)[C@@H]3c4ccccc4C=CN23)cc1Br. The van der Waals surface area contributed by atoms with E-state index in [0.717, 1.165) is 11.1 Å². The molecule has 8 heteroatoms. The van der Waals surface area contributed by atoms with Crippen LogP contribution in [0.4, 0.5) is 10.1 Å². The molecule has 42 heavy (non-hydrogen) atoms. The van der Waals surface area contributed by atoms with Crippen molar-refractivity contribution in [3.05, 3.63) is 135 Å². The van der Waals surface area contributed by atoms with Gasteiger partial charge in [-0.15, -0.1) is 0 Å². The molecule has 1 fully saturated rings. The van der Waals surface area contributed by atoms with Gasteiger partial charge in [-0.05, 0) is 87.2 Å². The molecule has 1 spiro atoms. The second-order valence-electron chi connectivity index (χ2n) is 10.7. The summed E-state index contributed by atoms with van der Waals surface area (Å²) in [6.07, 6.45) is 3.73. The molecular formula is C34H24BrFN2O4. The predicted molar refractivity (Wildman–Crippen MR) is 160 cm³/mol. The van der Waals surface area contributed by atoms with E-state index in [0.29, 0.717) is 27.0 Å². The Hall–Kier alpha value is -4.56. The average molecular weight is 623 g/mol. The largest absolute Gasteiger partial charge is 0.496 e. The Labute approximate surface area is 249 Å². The molecule has 4 aromatic carbocycles. The minimum atomic E-state index is -1.45. The number of nitrogens with one attached hydrogen (secondary N) is 1. The summed E-state index contributed by atoms with van der Waals surface area (Å²) in [6.45, 7) is 0. The normalized spacial score (nSPS) is 23.3. The van der Waals surface area contributed by atoms with Gasteiger partial charge in [0.05, 0.1) is 23.5 Å². The van der Waals surface area contributed by atoms with Crippen molar-refractivity contribution in [2.45, 2.75) is 17.5 Å². The number of methoxy groups -OCH3 is 1. The lowest BCUT2D eigenvalue weighted by Crippen LogP contribution is -2.49. The van der Waals surface area contributed by atoms with Crippen molar-refractivity contribution in [3.63, 3.8) is 0 Å². The molecule has 3 aliphatic heterocycles. The minimum Gasteiger partial charge on any atom is -0.496 e. The van der Waals surface area contributed by atoms with Gasteiger partial charge in [0, 0.05) is 23.0 Å². The molecule has 1 N–H and O–H groups in total. The Bertz CT molecular complexity index is 1820. The number of ketones is 2. The summed E-state index contributed by atoms with van der Waals surface area (Å²) >= 11 is 3.48.